The van der Waals surface area contributed by atoms with Gasteiger partial charge < -0.3 is 30.6 Å². The number of hydrogen-bond donors (Lipinski definition) is 4. The summed E-state index contributed by atoms with van der Waals surface area (Å²) >= 11 is 6.83. The number of likely N-dealkylation sites (N-methyl/N-ethyl adjacent to an activating group) is 1. The molecule has 1 unspecified atom stereocenters. The Kier molecular flexibility index (Phi) is 10.0. The van der Waals surface area contributed by atoms with Gasteiger partial charge in [-0.2, -0.15) is 0 Å². The summed E-state index contributed by atoms with van der Waals surface area (Å²) in [6.45, 7) is 10.4. The van der Waals surface area contributed by atoms with Crippen molar-refractivity contribution in [1.29, 1.82) is 0 Å². The molecule has 3 fully saturated rings. The van der Waals surface area contributed by atoms with Crippen molar-refractivity contribution in [1.82, 2.24) is 30.8 Å². The minimum Gasteiger partial charge on any atom is -0.380 e. The number of H-pyrrole nitrogens is 1. The number of carbonyl (C=O) groups excluding carboxylic acids is 3. The second-order valence-electron chi connectivity index (χ2n) is 14.0. The number of rotatable bonds is 13. The highest BCUT2D eigenvalue weighted by Crippen LogP contribution is 2.60. The first kappa shape index (κ1) is 34.2. The van der Waals surface area contributed by atoms with Crippen LogP contribution in [0.3, 0.4) is 0 Å². The zero-order valence-corrected chi connectivity index (χ0v) is 29.3. The van der Waals surface area contributed by atoms with Gasteiger partial charge in [0.05, 0.1) is 29.1 Å². The Morgan fingerprint density at radius 3 is 2.42 bits per heavy atom. The Bertz CT molecular complexity index is 1640. The molecule has 2 saturated carbocycles. The zero-order chi connectivity index (χ0) is 34.1. The molecule has 2 aliphatic carbocycles. The number of fused-ring (bicyclic) bond motifs is 1. The molecule has 2 aromatic carbocycles. The van der Waals surface area contributed by atoms with Crippen LogP contribution in [0.25, 0.3) is 11.0 Å². The van der Waals surface area contributed by atoms with E-state index >= 15 is 0 Å². The minimum absolute atomic E-state index is 0.0687. The zero-order valence-electron chi connectivity index (χ0n) is 28.5. The number of aromatic nitrogens is 2. The first-order valence-corrected chi connectivity index (χ1v) is 18.0. The third kappa shape index (κ3) is 6.53. The van der Waals surface area contributed by atoms with Crippen molar-refractivity contribution in [3.8, 4) is 0 Å². The van der Waals surface area contributed by atoms with Crippen LogP contribution in [0.15, 0.2) is 42.5 Å². The molecular weight excluding hydrogens is 628 g/mol. The van der Waals surface area contributed by atoms with Crippen LogP contribution < -0.4 is 16.0 Å². The lowest BCUT2D eigenvalue weighted by Crippen LogP contribution is -2.57. The maximum absolute atomic E-state index is 14.2. The third-order valence-corrected chi connectivity index (χ3v) is 11.4. The van der Waals surface area contributed by atoms with Gasteiger partial charge in [-0.1, -0.05) is 49.2 Å². The van der Waals surface area contributed by atoms with Gasteiger partial charge in [-0.15, -0.1) is 0 Å². The van der Waals surface area contributed by atoms with E-state index in [1.165, 1.54) is 0 Å². The number of halogens is 1. The van der Waals surface area contributed by atoms with Gasteiger partial charge in [0, 0.05) is 37.2 Å². The number of nitrogens with zero attached hydrogens (tertiary/aromatic N) is 2. The Labute approximate surface area is 288 Å². The second-order valence-corrected chi connectivity index (χ2v) is 14.4. The summed E-state index contributed by atoms with van der Waals surface area (Å²) in [6, 6.07) is 12.5. The molecule has 11 heteroatoms. The fourth-order valence-electron chi connectivity index (χ4n) is 7.55. The number of imidazole rings is 1. The van der Waals surface area contributed by atoms with Gasteiger partial charge in [0.25, 0.3) is 0 Å². The highest BCUT2D eigenvalue weighted by Gasteiger charge is 2.51. The normalized spacial score (nSPS) is 21.9. The van der Waals surface area contributed by atoms with Gasteiger partial charge in [-0.25, -0.2) is 9.78 Å². The molecular formula is C37H49ClN6O4. The maximum Gasteiger partial charge on any atom is 0.317 e. The molecule has 48 heavy (non-hydrogen) atoms. The molecule has 1 saturated heterocycles. The fourth-order valence-corrected chi connectivity index (χ4v) is 7.80. The lowest BCUT2D eigenvalue weighted by atomic mass is 9.76. The third-order valence-electron chi connectivity index (χ3n) is 11.0. The van der Waals surface area contributed by atoms with Crippen LogP contribution in [-0.4, -0.2) is 71.6 Å². The Balaban J connectivity index is 1.37. The summed E-state index contributed by atoms with van der Waals surface area (Å²) in [7, 11) is 0. The van der Waals surface area contributed by atoms with Gasteiger partial charge >= 0.3 is 6.03 Å². The van der Waals surface area contributed by atoms with E-state index in [-0.39, 0.29) is 41.7 Å². The molecule has 3 aliphatic rings. The topological polar surface area (TPSA) is 128 Å². The average Bonchev–Trinajstić information content (AvgIpc) is 3.41. The Morgan fingerprint density at radius 1 is 1.06 bits per heavy atom. The molecule has 6 rings (SSSR count). The van der Waals surface area contributed by atoms with Gasteiger partial charge in [-0.05, 0) is 93.5 Å². The van der Waals surface area contributed by atoms with Crippen LogP contribution in [0.4, 0.5) is 4.79 Å². The molecule has 3 aromatic rings. The lowest BCUT2D eigenvalue weighted by Gasteiger charge is -2.36. The number of hydrogen-bond acceptors (Lipinski definition) is 5. The Hall–Kier alpha value is -3.63. The molecule has 4 N–H and O–H groups in total. The van der Waals surface area contributed by atoms with Gasteiger partial charge in [0.2, 0.25) is 11.8 Å². The van der Waals surface area contributed by atoms with Crippen LogP contribution in [0.5, 0.6) is 0 Å². The second kappa shape index (κ2) is 14.1. The fraction of sp³-hybridized carbons (Fsp3) is 0.568. The van der Waals surface area contributed by atoms with Crippen molar-refractivity contribution in [2.75, 3.05) is 32.8 Å². The number of urea groups is 1. The van der Waals surface area contributed by atoms with Crippen molar-refractivity contribution >= 4 is 40.5 Å². The van der Waals surface area contributed by atoms with E-state index in [4.69, 9.17) is 21.3 Å². The average molecular weight is 677 g/mol. The van der Waals surface area contributed by atoms with Gasteiger partial charge in [0.1, 0.15) is 11.9 Å². The molecule has 1 aliphatic heterocycles. The lowest BCUT2D eigenvalue weighted by molar-refractivity contribution is -0.134. The summed E-state index contributed by atoms with van der Waals surface area (Å²) in [4.78, 5) is 51.2. The quantitative estimate of drug-likeness (QED) is 0.177. The highest BCUT2D eigenvalue weighted by atomic mass is 35.5. The van der Waals surface area contributed by atoms with E-state index < -0.39 is 17.5 Å². The summed E-state index contributed by atoms with van der Waals surface area (Å²) in [6.07, 6.45) is 5.45. The number of ether oxygens (including phenoxy) is 1. The van der Waals surface area contributed by atoms with Crippen LogP contribution >= 0.6 is 11.6 Å². The van der Waals surface area contributed by atoms with E-state index in [1.54, 1.807) is 4.90 Å². The van der Waals surface area contributed by atoms with Crippen molar-refractivity contribution in [3.63, 3.8) is 0 Å². The number of nitrogens with one attached hydrogen (secondary N) is 4. The van der Waals surface area contributed by atoms with E-state index in [1.807, 2.05) is 63.2 Å². The maximum atomic E-state index is 14.2. The van der Waals surface area contributed by atoms with Crippen molar-refractivity contribution in [2.45, 2.75) is 89.6 Å². The van der Waals surface area contributed by atoms with E-state index in [9.17, 15) is 14.4 Å². The van der Waals surface area contributed by atoms with Crippen LogP contribution in [-0.2, 0) is 19.7 Å². The van der Waals surface area contributed by atoms with E-state index in [2.05, 4.69) is 27.9 Å². The molecule has 0 spiro atoms. The monoisotopic (exact) mass is 676 g/mol. The molecule has 4 atom stereocenters. The van der Waals surface area contributed by atoms with E-state index in [0.717, 1.165) is 54.3 Å². The number of benzene rings is 2. The van der Waals surface area contributed by atoms with Crippen LogP contribution in [0, 0.1) is 11.3 Å². The van der Waals surface area contributed by atoms with E-state index in [0.29, 0.717) is 43.5 Å². The first-order chi connectivity index (χ1) is 23.1. The van der Waals surface area contributed by atoms with Gasteiger partial charge in [0.15, 0.2) is 0 Å². The number of amides is 4. The molecule has 10 nitrogen and oxygen atoms in total. The largest absolute Gasteiger partial charge is 0.380 e. The molecule has 0 bridgehead atoms. The molecule has 0 radical (unpaired) electrons. The number of aromatic amines is 1. The molecule has 2 heterocycles. The van der Waals surface area contributed by atoms with Crippen LogP contribution in [0.1, 0.15) is 95.1 Å². The van der Waals surface area contributed by atoms with Crippen LogP contribution in [0.2, 0.25) is 5.02 Å². The standard InChI is InChI=1S/C37H49ClN6O4/c1-5-39-33(45)30(23-11-10-12-23)42-34(46)37(19-20-48-22-37)24-15-16-27-28(21-24)41-32(40-27)31(43-35(47)44(6-2)7-3)29(36(4)17-18-36)25-13-8-9-14-26(25)38/h8-9,13-16,21,23,29-31H,5-7,10-12,17-20,22H2,1-4H3,(H,39,45)(H,40,41)(H,42,46)(H,43,47)/t29-,30+,31-,37?/m0/s1. The molecule has 1 aromatic heterocycles. The first-order valence-electron chi connectivity index (χ1n) is 17.6. The minimum atomic E-state index is -0.939. The molecule has 258 valence electrons. The summed E-state index contributed by atoms with van der Waals surface area (Å²) in [5.41, 5.74) is 2.29. The summed E-state index contributed by atoms with van der Waals surface area (Å²) in [5, 5.41) is 10.1. The van der Waals surface area contributed by atoms with Gasteiger partial charge in [-0.3, -0.25) is 9.59 Å². The summed E-state index contributed by atoms with van der Waals surface area (Å²) < 4.78 is 5.85. The van der Waals surface area contributed by atoms with Crippen molar-refractivity contribution in [3.05, 3.63) is 64.4 Å². The molecule has 4 amide bonds. The number of carbonyl (C=O) groups is 3. The van der Waals surface area contributed by atoms with Crippen molar-refractivity contribution in [2.24, 2.45) is 11.3 Å². The predicted molar refractivity (Wildman–Crippen MR) is 187 cm³/mol. The SMILES string of the molecule is CCNC(=O)[C@H](NC(=O)C1(c2ccc3nc([C@@H](NC(=O)N(CC)CC)[C@H](c4ccccc4Cl)C4(C)CC4)[nH]c3c2)CCOC1)C1CCC1. The Morgan fingerprint density at radius 2 is 1.81 bits per heavy atom. The summed E-state index contributed by atoms with van der Waals surface area (Å²) in [5.74, 6) is 0.341. The van der Waals surface area contributed by atoms with Crippen molar-refractivity contribution < 1.29 is 19.1 Å². The highest BCUT2D eigenvalue weighted by molar-refractivity contribution is 6.31. The smallest absolute Gasteiger partial charge is 0.317 e. The predicted octanol–water partition coefficient (Wildman–Crippen LogP) is 5.97.